The van der Waals surface area contributed by atoms with Gasteiger partial charge in [-0.15, -0.1) is 0 Å². The largest absolute Gasteiger partial charge is 0.481 e. The predicted octanol–water partition coefficient (Wildman–Crippen LogP) is 4.51. The summed E-state index contributed by atoms with van der Waals surface area (Å²) in [6.07, 6.45) is 15.3. The van der Waals surface area contributed by atoms with Crippen molar-refractivity contribution in [2.45, 2.75) is 57.8 Å². The lowest BCUT2D eigenvalue weighted by atomic mass is 8.96. The molecule has 0 amide bonds. The van der Waals surface area contributed by atoms with Crippen LogP contribution in [0.3, 0.4) is 0 Å². The third-order valence-electron chi connectivity index (χ3n) is 8.22. The van der Waals surface area contributed by atoms with E-state index in [9.17, 15) is 4.79 Å². The summed E-state index contributed by atoms with van der Waals surface area (Å²) in [6.45, 7) is 0. The van der Waals surface area contributed by atoms with Crippen molar-refractivity contribution in [2.75, 3.05) is 0 Å². The van der Waals surface area contributed by atoms with Crippen molar-refractivity contribution in [3.63, 3.8) is 0 Å². The van der Waals surface area contributed by atoms with E-state index in [1.807, 2.05) is 0 Å². The maximum atomic E-state index is 10.4. The van der Waals surface area contributed by atoms with Crippen LogP contribution in [0.2, 0.25) is 0 Å². The second-order valence-corrected chi connectivity index (χ2v) is 8.70. The molecule has 0 aromatic heterocycles. The maximum absolute atomic E-state index is 10.4. The summed E-state index contributed by atoms with van der Waals surface area (Å²) < 4.78 is 0. The Morgan fingerprint density at radius 1 is 0.818 bits per heavy atom. The van der Waals surface area contributed by atoms with Gasteiger partial charge in [-0.3, -0.25) is 4.79 Å². The van der Waals surface area contributed by atoms with Crippen molar-refractivity contribution in [1.29, 1.82) is 0 Å². The molecule has 0 saturated heterocycles. The van der Waals surface area contributed by atoms with Crippen molar-refractivity contribution in [1.82, 2.24) is 0 Å². The van der Waals surface area contributed by atoms with Crippen molar-refractivity contribution in [3.05, 3.63) is 12.2 Å². The Morgan fingerprint density at radius 3 is 1.95 bits per heavy atom. The van der Waals surface area contributed by atoms with Gasteiger partial charge < -0.3 is 5.11 Å². The van der Waals surface area contributed by atoms with Crippen LogP contribution in [0.5, 0.6) is 0 Å². The number of hydrogen-bond acceptors (Lipinski definition) is 1. The van der Waals surface area contributed by atoms with Gasteiger partial charge in [0.1, 0.15) is 0 Å². The molecule has 6 fully saturated rings. The highest BCUT2D eigenvalue weighted by atomic mass is 16.4. The molecule has 0 unspecified atom stereocenters. The van der Waals surface area contributed by atoms with Crippen LogP contribution in [-0.2, 0) is 4.79 Å². The average molecular weight is 300 g/mol. The molecule has 120 valence electrons. The molecule has 0 aromatic rings. The van der Waals surface area contributed by atoms with Crippen LogP contribution in [0.15, 0.2) is 12.2 Å². The molecule has 0 aliphatic heterocycles. The quantitative estimate of drug-likeness (QED) is 0.450. The van der Waals surface area contributed by atoms with Gasteiger partial charge in [0.15, 0.2) is 0 Å². The van der Waals surface area contributed by atoms with Gasteiger partial charge in [0.2, 0.25) is 0 Å². The summed E-state index contributed by atoms with van der Waals surface area (Å²) in [6, 6.07) is 0. The summed E-state index contributed by atoms with van der Waals surface area (Å²) in [7, 11) is 0. The lowest BCUT2D eigenvalue weighted by Gasteiger charge is -3.07. The fraction of sp³-hybridized carbons (Fsp3) is 0.850. The van der Waals surface area contributed by atoms with E-state index in [1.165, 1.54) is 80.0 Å². The molecule has 2 nitrogen and oxygen atoms in total. The van der Waals surface area contributed by atoms with E-state index in [4.69, 9.17) is 5.11 Å². The number of carboxylic acid groups (broad SMARTS) is 1. The number of carbonyl (C=O) groups is 1. The molecular formula is C20H28O2. The molecule has 0 spiro atoms. The fourth-order valence-corrected chi connectivity index (χ4v) is 7.56. The minimum Gasteiger partial charge on any atom is -0.481 e. The molecule has 0 bridgehead atoms. The first kappa shape index (κ1) is 13.6. The molecule has 0 heterocycles. The monoisotopic (exact) mass is 300 g/mol. The summed E-state index contributed by atoms with van der Waals surface area (Å²) >= 11 is 0. The topological polar surface area (TPSA) is 37.3 Å². The van der Waals surface area contributed by atoms with E-state index in [1.54, 1.807) is 0 Å². The Kier molecular flexibility index (Phi) is 2.86. The van der Waals surface area contributed by atoms with Gasteiger partial charge in [0.25, 0.3) is 0 Å². The minimum atomic E-state index is -0.650. The fourth-order valence-electron chi connectivity index (χ4n) is 7.56. The molecule has 6 saturated carbocycles. The van der Waals surface area contributed by atoms with E-state index in [0.717, 1.165) is 18.3 Å². The van der Waals surface area contributed by atoms with Gasteiger partial charge >= 0.3 is 5.97 Å². The number of rotatable bonds is 11. The zero-order valence-electron chi connectivity index (χ0n) is 13.4. The van der Waals surface area contributed by atoms with Gasteiger partial charge in [0.05, 0.1) is 0 Å². The smallest absolute Gasteiger partial charge is 0.303 e. The number of hydrogen-bond donors (Lipinski definition) is 1. The third-order valence-corrected chi connectivity index (χ3v) is 8.22. The molecule has 0 radical (unpaired) electrons. The highest BCUT2D eigenvalue weighted by molar-refractivity contribution is 5.66. The lowest BCUT2D eigenvalue weighted by molar-refractivity contribution is -0.599. The van der Waals surface area contributed by atoms with Crippen LogP contribution in [0.4, 0.5) is 0 Å². The van der Waals surface area contributed by atoms with Crippen LogP contribution < -0.4 is 0 Å². The molecule has 2 heteroatoms. The second-order valence-electron chi connectivity index (χ2n) is 8.70. The summed E-state index contributed by atoms with van der Waals surface area (Å²) in [4.78, 5) is 10.4. The van der Waals surface area contributed by atoms with E-state index in [-0.39, 0.29) is 0 Å². The summed E-state index contributed by atoms with van der Waals surface area (Å²) in [5.41, 5.74) is 0.777. The second kappa shape index (κ2) is 4.61. The highest BCUT2D eigenvalue weighted by Crippen LogP contribution is 3.06. The molecule has 0 atom stereocenters. The Labute approximate surface area is 133 Å². The number of aliphatic carboxylic acids is 1. The van der Waals surface area contributed by atoms with Crippen LogP contribution in [0, 0.1) is 46.8 Å². The number of unbranched alkanes of at least 4 members (excludes halogenated alkanes) is 7. The maximum Gasteiger partial charge on any atom is 0.303 e. The zero-order valence-corrected chi connectivity index (χ0v) is 13.4. The van der Waals surface area contributed by atoms with Gasteiger partial charge in [-0.05, 0) is 66.1 Å². The van der Waals surface area contributed by atoms with Crippen molar-refractivity contribution >= 4 is 5.97 Å². The summed E-state index contributed by atoms with van der Waals surface area (Å²) in [5.74, 6) is 7.73. The first-order valence-corrected chi connectivity index (χ1v) is 9.68. The van der Waals surface area contributed by atoms with Gasteiger partial charge in [-0.1, -0.05) is 44.3 Å². The van der Waals surface area contributed by atoms with Crippen LogP contribution >= 0.6 is 0 Å². The Hall–Kier alpha value is -0.790. The van der Waals surface area contributed by atoms with Crippen molar-refractivity contribution in [3.8, 4) is 0 Å². The summed E-state index contributed by atoms with van der Waals surface area (Å²) in [5, 5.41) is 8.57. The van der Waals surface area contributed by atoms with Gasteiger partial charge in [-0.25, -0.2) is 0 Å². The molecule has 0 aromatic carbocycles. The van der Waals surface area contributed by atoms with E-state index >= 15 is 0 Å². The molecule has 22 heavy (non-hydrogen) atoms. The number of carboxylic acids is 1. The Bertz CT molecular complexity index is 469. The van der Waals surface area contributed by atoms with E-state index < -0.39 is 5.97 Å². The first-order valence-electron chi connectivity index (χ1n) is 9.68. The minimum absolute atomic E-state index is 0.346. The molecule has 1 N–H and O–H groups in total. The SMILES string of the molecule is O=C(O)CCCCCCCCC/C=C/C12C3C4C5C3C1C5C42. The molecule has 6 aliphatic rings. The Morgan fingerprint density at radius 2 is 1.36 bits per heavy atom. The standard InChI is InChI=1S/C20H28O2/c21-12(22)10-8-6-4-2-1-3-5-7-9-11-20-17-14-13-15(17)19(20)16(13)18(14)20/h9,11,13-19H,1-8,10H2,(H,21,22)/b11-9+. The van der Waals surface area contributed by atoms with Gasteiger partial charge in [-0.2, -0.15) is 0 Å². The molecule has 6 aliphatic carbocycles. The molecular weight excluding hydrogens is 272 g/mol. The van der Waals surface area contributed by atoms with Crippen molar-refractivity contribution < 1.29 is 9.90 Å². The van der Waals surface area contributed by atoms with Crippen LogP contribution in [0.1, 0.15) is 57.8 Å². The predicted molar refractivity (Wildman–Crippen MR) is 85.2 cm³/mol. The van der Waals surface area contributed by atoms with Gasteiger partial charge in [0, 0.05) is 6.42 Å². The Balaban J connectivity index is 0.908. The highest BCUT2D eigenvalue weighted by Gasteiger charge is 3.03. The van der Waals surface area contributed by atoms with Crippen LogP contribution in [0.25, 0.3) is 0 Å². The normalized spacial score (nSPS) is 50.5. The lowest BCUT2D eigenvalue weighted by Crippen LogP contribution is -3.04. The average Bonchev–Trinajstić information content (AvgIpc) is 2.52. The van der Waals surface area contributed by atoms with E-state index in [2.05, 4.69) is 12.2 Å². The molecule has 6 rings (SSSR count). The van der Waals surface area contributed by atoms with Crippen molar-refractivity contribution in [2.24, 2.45) is 46.8 Å². The number of allylic oxidation sites excluding steroid dienone is 2. The first-order chi connectivity index (χ1) is 10.8. The van der Waals surface area contributed by atoms with E-state index in [0.29, 0.717) is 6.42 Å². The third kappa shape index (κ3) is 1.37. The zero-order chi connectivity index (χ0) is 14.9. The van der Waals surface area contributed by atoms with Crippen LogP contribution in [-0.4, -0.2) is 11.1 Å².